The first-order valence-electron chi connectivity index (χ1n) is 10.7. The monoisotopic (exact) mass is 475 g/mol. The SMILES string of the molecule is CCC(=O)Nc1ccc(Cl)c(NC(=O)c2ccc3c(c2)C(=O)N(c2cc(C)ccc2C)C3=O)c1. The number of hydrogen-bond donors (Lipinski definition) is 2. The molecule has 8 heteroatoms. The molecule has 3 aromatic rings. The van der Waals surface area contributed by atoms with Crippen molar-refractivity contribution in [2.45, 2.75) is 27.2 Å². The molecule has 7 nitrogen and oxygen atoms in total. The molecule has 172 valence electrons. The predicted molar refractivity (Wildman–Crippen MR) is 132 cm³/mol. The van der Waals surface area contributed by atoms with Crippen molar-refractivity contribution in [3.05, 3.63) is 87.4 Å². The lowest BCUT2D eigenvalue weighted by Crippen LogP contribution is -2.30. The topological polar surface area (TPSA) is 95.6 Å². The lowest BCUT2D eigenvalue weighted by molar-refractivity contribution is -0.115. The minimum Gasteiger partial charge on any atom is -0.326 e. The van der Waals surface area contributed by atoms with Crippen molar-refractivity contribution in [2.24, 2.45) is 0 Å². The molecule has 0 atom stereocenters. The molecule has 1 aliphatic heterocycles. The molecule has 2 N–H and O–H groups in total. The van der Waals surface area contributed by atoms with Gasteiger partial charge in [0, 0.05) is 17.7 Å². The highest BCUT2D eigenvalue weighted by Crippen LogP contribution is 2.32. The van der Waals surface area contributed by atoms with Crippen molar-refractivity contribution in [3.63, 3.8) is 0 Å². The lowest BCUT2D eigenvalue weighted by Gasteiger charge is -2.17. The molecule has 4 rings (SSSR count). The van der Waals surface area contributed by atoms with Crippen LogP contribution in [0.25, 0.3) is 0 Å². The second-order valence-corrected chi connectivity index (χ2v) is 8.45. The number of anilines is 3. The molecule has 0 unspecified atom stereocenters. The highest BCUT2D eigenvalue weighted by atomic mass is 35.5. The maximum atomic E-state index is 13.1. The van der Waals surface area contributed by atoms with E-state index in [1.807, 2.05) is 26.0 Å². The summed E-state index contributed by atoms with van der Waals surface area (Å²) in [6, 6.07) is 14.7. The van der Waals surface area contributed by atoms with Crippen LogP contribution in [0.4, 0.5) is 17.1 Å². The minimum absolute atomic E-state index is 0.161. The number of fused-ring (bicyclic) bond motifs is 1. The van der Waals surface area contributed by atoms with Gasteiger partial charge in [0.2, 0.25) is 5.91 Å². The summed E-state index contributed by atoms with van der Waals surface area (Å²) in [5, 5.41) is 5.70. The van der Waals surface area contributed by atoms with Gasteiger partial charge >= 0.3 is 0 Å². The summed E-state index contributed by atoms with van der Waals surface area (Å²) in [5.41, 5.74) is 3.63. The van der Waals surface area contributed by atoms with E-state index in [1.54, 1.807) is 31.2 Å². The molecule has 0 aromatic heterocycles. The molecule has 0 bridgehead atoms. The van der Waals surface area contributed by atoms with E-state index in [4.69, 9.17) is 11.6 Å². The number of hydrogen-bond acceptors (Lipinski definition) is 4. The van der Waals surface area contributed by atoms with Crippen molar-refractivity contribution < 1.29 is 19.2 Å². The Morgan fingerprint density at radius 3 is 2.35 bits per heavy atom. The Kier molecular flexibility index (Phi) is 6.22. The van der Waals surface area contributed by atoms with E-state index in [9.17, 15) is 19.2 Å². The minimum atomic E-state index is -0.505. The Bertz CT molecular complexity index is 1370. The number of carbonyl (C=O) groups excluding carboxylic acids is 4. The van der Waals surface area contributed by atoms with Crippen LogP contribution in [-0.4, -0.2) is 23.6 Å². The molecule has 34 heavy (non-hydrogen) atoms. The first-order valence-corrected chi connectivity index (χ1v) is 11.1. The molecule has 0 aliphatic carbocycles. The molecular weight excluding hydrogens is 454 g/mol. The normalized spacial score (nSPS) is 12.5. The quantitative estimate of drug-likeness (QED) is 0.485. The third-order valence-corrected chi connectivity index (χ3v) is 5.90. The maximum Gasteiger partial charge on any atom is 0.266 e. The van der Waals surface area contributed by atoms with Crippen molar-refractivity contribution >= 4 is 52.3 Å². The zero-order valence-corrected chi connectivity index (χ0v) is 19.6. The largest absolute Gasteiger partial charge is 0.326 e. The molecule has 0 fully saturated rings. The summed E-state index contributed by atoms with van der Waals surface area (Å²) >= 11 is 6.22. The summed E-state index contributed by atoms with van der Waals surface area (Å²) in [6.45, 7) is 5.45. The van der Waals surface area contributed by atoms with Gasteiger partial charge in [-0.15, -0.1) is 0 Å². The molecule has 1 heterocycles. The van der Waals surface area contributed by atoms with E-state index in [-0.39, 0.29) is 27.6 Å². The number of rotatable bonds is 5. The molecule has 0 radical (unpaired) electrons. The zero-order valence-electron chi connectivity index (χ0n) is 18.9. The Hall–Kier alpha value is -3.97. The van der Waals surface area contributed by atoms with Crippen LogP contribution in [0.5, 0.6) is 0 Å². The number of carbonyl (C=O) groups is 4. The van der Waals surface area contributed by atoms with Gasteiger partial charge in [-0.3, -0.25) is 19.2 Å². The van der Waals surface area contributed by atoms with Crippen LogP contribution >= 0.6 is 11.6 Å². The van der Waals surface area contributed by atoms with Crippen LogP contribution in [-0.2, 0) is 4.79 Å². The lowest BCUT2D eigenvalue weighted by atomic mass is 10.1. The number of nitrogens with zero attached hydrogens (tertiary/aromatic N) is 1. The van der Waals surface area contributed by atoms with Crippen LogP contribution in [0.2, 0.25) is 5.02 Å². The van der Waals surface area contributed by atoms with Crippen molar-refractivity contribution in [1.29, 1.82) is 0 Å². The van der Waals surface area contributed by atoms with Gasteiger partial charge in [0.1, 0.15) is 0 Å². The highest BCUT2D eigenvalue weighted by molar-refractivity contribution is 6.35. The van der Waals surface area contributed by atoms with E-state index < -0.39 is 17.7 Å². The van der Waals surface area contributed by atoms with Crippen molar-refractivity contribution in [2.75, 3.05) is 15.5 Å². The molecule has 1 aliphatic rings. The number of amides is 4. The summed E-state index contributed by atoms with van der Waals surface area (Å²) in [4.78, 5) is 51.9. The Labute approximate surface area is 201 Å². The van der Waals surface area contributed by atoms with Gasteiger partial charge in [0.25, 0.3) is 17.7 Å². The number of nitrogens with one attached hydrogen (secondary N) is 2. The second kappa shape index (κ2) is 9.11. The standard InChI is InChI=1S/C26H22ClN3O4/c1-4-23(31)28-17-8-10-20(27)21(13-17)29-24(32)16-7-9-18-19(12-16)26(34)30(25(18)33)22-11-14(2)5-6-15(22)3/h5-13H,4H2,1-3H3,(H,28,31)(H,29,32). The van der Waals surface area contributed by atoms with Crippen LogP contribution in [0, 0.1) is 13.8 Å². The Balaban J connectivity index is 1.61. The molecule has 0 saturated carbocycles. The summed E-state index contributed by atoms with van der Waals surface area (Å²) in [7, 11) is 0. The summed E-state index contributed by atoms with van der Waals surface area (Å²) in [6.07, 6.45) is 0.311. The average Bonchev–Trinajstić information content (AvgIpc) is 3.06. The summed E-state index contributed by atoms with van der Waals surface area (Å²) in [5.74, 6) is -1.59. The molecular formula is C26H22ClN3O4. The third-order valence-electron chi connectivity index (χ3n) is 5.57. The van der Waals surface area contributed by atoms with E-state index in [0.717, 1.165) is 16.0 Å². The smallest absolute Gasteiger partial charge is 0.266 e. The summed E-state index contributed by atoms with van der Waals surface area (Å²) < 4.78 is 0. The van der Waals surface area contributed by atoms with Gasteiger partial charge in [-0.2, -0.15) is 0 Å². The van der Waals surface area contributed by atoms with E-state index >= 15 is 0 Å². The van der Waals surface area contributed by atoms with Gasteiger partial charge in [0.15, 0.2) is 0 Å². The third kappa shape index (κ3) is 4.30. The van der Waals surface area contributed by atoms with Crippen LogP contribution < -0.4 is 15.5 Å². The zero-order chi connectivity index (χ0) is 24.6. The first kappa shape index (κ1) is 23.2. The number of imide groups is 1. The fraction of sp³-hybridized carbons (Fsp3) is 0.154. The highest BCUT2D eigenvalue weighted by Gasteiger charge is 2.37. The van der Waals surface area contributed by atoms with Crippen molar-refractivity contribution in [3.8, 4) is 0 Å². The second-order valence-electron chi connectivity index (χ2n) is 8.05. The van der Waals surface area contributed by atoms with Crippen LogP contribution in [0.1, 0.15) is 55.5 Å². The van der Waals surface area contributed by atoms with Gasteiger partial charge in [-0.05, 0) is 67.4 Å². The molecule has 0 saturated heterocycles. The maximum absolute atomic E-state index is 13.1. The fourth-order valence-electron chi connectivity index (χ4n) is 3.70. The first-order chi connectivity index (χ1) is 16.2. The molecule has 0 spiro atoms. The van der Waals surface area contributed by atoms with Crippen molar-refractivity contribution in [1.82, 2.24) is 0 Å². The van der Waals surface area contributed by atoms with Gasteiger partial charge in [0.05, 0.1) is 27.5 Å². The number of halogens is 1. The fourth-order valence-corrected chi connectivity index (χ4v) is 3.87. The van der Waals surface area contributed by atoms with Crippen LogP contribution in [0.15, 0.2) is 54.6 Å². The van der Waals surface area contributed by atoms with Gasteiger partial charge in [-0.1, -0.05) is 30.7 Å². The average molecular weight is 476 g/mol. The van der Waals surface area contributed by atoms with E-state index in [0.29, 0.717) is 23.5 Å². The van der Waals surface area contributed by atoms with Gasteiger partial charge in [-0.25, -0.2) is 4.90 Å². The molecule has 3 aromatic carbocycles. The number of aryl methyl sites for hydroxylation is 2. The van der Waals surface area contributed by atoms with E-state index in [1.165, 1.54) is 18.2 Å². The van der Waals surface area contributed by atoms with Gasteiger partial charge < -0.3 is 10.6 Å². The molecule has 4 amide bonds. The van der Waals surface area contributed by atoms with Crippen LogP contribution in [0.3, 0.4) is 0 Å². The Morgan fingerprint density at radius 1 is 0.882 bits per heavy atom. The Morgan fingerprint density at radius 2 is 1.62 bits per heavy atom. The van der Waals surface area contributed by atoms with E-state index in [2.05, 4.69) is 10.6 Å². The number of benzene rings is 3. The predicted octanol–water partition coefficient (Wildman–Crippen LogP) is 5.36.